The average Bonchev–Trinajstić information content (AvgIpc) is 2.91. The zero-order valence-electron chi connectivity index (χ0n) is 16.8. The maximum absolute atomic E-state index is 12.3. The number of hydrogen-bond acceptors (Lipinski definition) is 6. The van der Waals surface area contributed by atoms with Crippen LogP contribution in [0.25, 0.3) is 0 Å². The highest BCUT2D eigenvalue weighted by molar-refractivity contribution is 7.89. The molecule has 2 aromatic rings. The van der Waals surface area contributed by atoms with E-state index in [2.05, 4.69) is 4.72 Å². The van der Waals surface area contributed by atoms with E-state index in [4.69, 9.17) is 4.74 Å². The number of benzene rings is 2. The highest BCUT2D eigenvalue weighted by atomic mass is 32.2. The molecule has 3 rings (SSSR count). The van der Waals surface area contributed by atoms with Gasteiger partial charge in [-0.2, -0.15) is 0 Å². The number of sulfonamides is 1. The topological polar surface area (TPSA) is 110 Å². The minimum atomic E-state index is -3.71. The summed E-state index contributed by atoms with van der Waals surface area (Å²) >= 11 is 0. The Morgan fingerprint density at radius 1 is 0.967 bits per heavy atom. The summed E-state index contributed by atoms with van der Waals surface area (Å²) in [4.78, 5) is 37.8. The minimum absolute atomic E-state index is 0.0278. The summed E-state index contributed by atoms with van der Waals surface area (Å²) < 4.78 is 32.3. The lowest BCUT2D eigenvalue weighted by Crippen LogP contribution is -2.40. The lowest BCUT2D eigenvalue weighted by Gasteiger charge is -2.20. The van der Waals surface area contributed by atoms with E-state index in [1.165, 1.54) is 24.3 Å². The highest BCUT2D eigenvalue weighted by Crippen LogP contribution is 2.22. The molecule has 0 unspecified atom stereocenters. The first-order valence-electron chi connectivity index (χ1n) is 9.26. The van der Waals surface area contributed by atoms with Gasteiger partial charge in [0, 0.05) is 5.54 Å². The number of carbonyl (C=O) groups is 3. The van der Waals surface area contributed by atoms with Crippen molar-refractivity contribution in [3.63, 3.8) is 0 Å². The first-order valence-corrected chi connectivity index (χ1v) is 10.7. The molecule has 0 radical (unpaired) electrons. The molecule has 2 amide bonds. The molecule has 2 aromatic carbocycles. The molecule has 0 aliphatic carbocycles. The maximum atomic E-state index is 12.3. The monoisotopic (exact) mass is 430 g/mol. The van der Waals surface area contributed by atoms with Crippen LogP contribution in [0, 0.1) is 0 Å². The second-order valence-electron chi connectivity index (χ2n) is 7.82. The van der Waals surface area contributed by atoms with Gasteiger partial charge in [0.2, 0.25) is 10.0 Å². The Labute approximate surface area is 174 Å². The largest absolute Gasteiger partial charge is 0.460 e. The molecule has 0 atom stereocenters. The van der Waals surface area contributed by atoms with Gasteiger partial charge in [-0.15, -0.1) is 0 Å². The molecule has 1 aliphatic heterocycles. The second-order valence-corrected chi connectivity index (χ2v) is 9.51. The summed E-state index contributed by atoms with van der Waals surface area (Å²) in [6.07, 6.45) is 0. The average molecular weight is 430 g/mol. The number of esters is 1. The number of ether oxygens (including phenoxy) is 1. The number of fused-ring (bicyclic) bond motifs is 1. The van der Waals surface area contributed by atoms with Gasteiger partial charge >= 0.3 is 5.97 Å². The van der Waals surface area contributed by atoms with Crippen molar-refractivity contribution >= 4 is 27.8 Å². The van der Waals surface area contributed by atoms with Crippen molar-refractivity contribution in [1.29, 1.82) is 0 Å². The van der Waals surface area contributed by atoms with E-state index in [0.717, 1.165) is 4.90 Å². The van der Waals surface area contributed by atoms with Crippen LogP contribution in [-0.2, 0) is 14.8 Å². The van der Waals surface area contributed by atoms with Gasteiger partial charge in [-0.3, -0.25) is 14.5 Å². The maximum Gasteiger partial charge on any atom is 0.338 e. The number of amides is 2. The molecule has 1 N–H and O–H groups in total. The number of imide groups is 1. The number of nitrogens with zero attached hydrogens (tertiary/aromatic N) is 1. The molecule has 158 valence electrons. The van der Waals surface area contributed by atoms with Crippen molar-refractivity contribution in [2.75, 3.05) is 13.2 Å². The van der Waals surface area contributed by atoms with Crippen LogP contribution < -0.4 is 4.72 Å². The number of hydrogen-bond donors (Lipinski definition) is 1. The molecular weight excluding hydrogens is 408 g/mol. The van der Waals surface area contributed by atoms with E-state index < -0.39 is 33.3 Å². The van der Waals surface area contributed by atoms with E-state index in [1.807, 2.05) is 0 Å². The Hall–Kier alpha value is -3.04. The third-order valence-corrected chi connectivity index (χ3v) is 6.04. The molecule has 0 aromatic heterocycles. The third-order valence-electron chi connectivity index (χ3n) is 4.27. The fourth-order valence-electron chi connectivity index (χ4n) is 2.99. The third kappa shape index (κ3) is 4.58. The van der Waals surface area contributed by atoms with Gasteiger partial charge in [0.05, 0.1) is 28.1 Å². The molecule has 0 saturated heterocycles. The highest BCUT2D eigenvalue weighted by Gasteiger charge is 2.34. The minimum Gasteiger partial charge on any atom is -0.460 e. The van der Waals surface area contributed by atoms with Crippen LogP contribution in [-0.4, -0.2) is 49.8 Å². The van der Waals surface area contributed by atoms with Crippen molar-refractivity contribution in [2.24, 2.45) is 0 Å². The van der Waals surface area contributed by atoms with Crippen LogP contribution in [0.4, 0.5) is 0 Å². The summed E-state index contributed by atoms with van der Waals surface area (Å²) in [7, 11) is -3.71. The molecule has 1 heterocycles. The van der Waals surface area contributed by atoms with Crippen LogP contribution in [0.15, 0.2) is 53.4 Å². The van der Waals surface area contributed by atoms with Crippen molar-refractivity contribution in [2.45, 2.75) is 31.2 Å². The lowest BCUT2D eigenvalue weighted by molar-refractivity contribution is 0.0420. The molecule has 1 aliphatic rings. The Morgan fingerprint density at radius 2 is 1.50 bits per heavy atom. The van der Waals surface area contributed by atoms with E-state index in [-0.39, 0.29) is 23.6 Å². The summed E-state index contributed by atoms with van der Waals surface area (Å²) in [5.41, 5.74) is 0.177. The second kappa shape index (κ2) is 8.00. The smallest absolute Gasteiger partial charge is 0.338 e. The van der Waals surface area contributed by atoms with Crippen LogP contribution in [0.5, 0.6) is 0 Å². The van der Waals surface area contributed by atoms with Gasteiger partial charge in [-0.05, 0) is 57.2 Å². The molecule has 30 heavy (non-hydrogen) atoms. The van der Waals surface area contributed by atoms with E-state index in [0.29, 0.717) is 11.1 Å². The molecule has 9 heteroatoms. The van der Waals surface area contributed by atoms with Gasteiger partial charge in [0.25, 0.3) is 11.8 Å². The molecular formula is C21H22N2O6S. The van der Waals surface area contributed by atoms with Crippen LogP contribution >= 0.6 is 0 Å². The van der Waals surface area contributed by atoms with Crippen molar-refractivity contribution < 1.29 is 27.5 Å². The zero-order chi connectivity index (χ0) is 22.1. The normalized spacial score (nSPS) is 14.0. The van der Waals surface area contributed by atoms with E-state index in [1.54, 1.807) is 45.0 Å². The number of carbonyl (C=O) groups excluding carboxylic acids is 3. The van der Waals surface area contributed by atoms with Gasteiger partial charge in [-0.1, -0.05) is 12.1 Å². The summed E-state index contributed by atoms with van der Waals surface area (Å²) in [5.74, 6) is -1.53. The molecule has 0 fully saturated rings. The van der Waals surface area contributed by atoms with Crippen LogP contribution in [0.2, 0.25) is 0 Å². The Morgan fingerprint density at radius 3 is 2.00 bits per heavy atom. The fourth-order valence-corrected chi connectivity index (χ4v) is 4.41. The molecule has 8 nitrogen and oxygen atoms in total. The predicted octanol–water partition coefficient (Wildman–Crippen LogP) is 2.22. The SMILES string of the molecule is CC(C)(C)NS(=O)(=O)c1ccc(C(=O)OCCN2C(=O)c3ccccc3C2=O)cc1. The first-order chi connectivity index (χ1) is 14.0. The first kappa shape index (κ1) is 21.7. The molecule has 0 bridgehead atoms. The van der Waals surface area contributed by atoms with Gasteiger partial charge in [-0.25, -0.2) is 17.9 Å². The summed E-state index contributed by atoms with van der Waals surface area (Å²) in [6.45, 7) is 4.94. The summed E-state index contributed by atoms with van der Waals surface area (Å²) in [5, 5.41) is 0. The van der Waals surface area contributed by atoms with E-state index in [9.17, 15) is 22.8 Å². The van der Waals surface area contributed by atoms with Crippen LogP contribution in [0.1, 0.15) is 51.8 Å². The Kier molecular flexibility index (Phi) is 5.78. The van der Waals surface area contributed by atoms with Crippen molar-refractivity contribution in [1.82, 2.24) is 9.62 Å². The van der Waals surface area contributed by atoms with E-state index >= 15 is 0 Å². The lowest BCUT2D eigenvalue weighted by atomic mass is 10.1. The number of nitrogens with one attached hydrogen (secondary N) is 1. The number of rotatable bonds is 6. The van der Waals surface area contributed by atoms with Gasteiger partial charge < -0.3 is 4.74 Å². The van der Waals surface area contributed by atoms with Gasteiger partial charge in [0.15, 0.2) is 0 Å². The van der Waals surface area contributed by atoms with Crippen molar-refractivity contribution in [3.8, 4) is 0 Å². The quantitative estimate of drug-likeness (QED) is 0.556. The summed E-state index contributed by atoms with van der Waals surface area (Å²) in [6, 6.07) is 11.8. The standard InChI is InChI=1S/C21H22N2O6S/c1-21(2,3)22-30(27,28)15-10-8-14(9-11-15)20(26)29-13-12-23-18(24)16-6-4-5-7-17(16)19(23)25/h4-11,22H,12-13H2,1-3H3. The van der Waals surface area contributed by atoms with Crippen LogP contribution in [0.3, 0.4) is 0 Å². The Balaban J connectivity index is 1.59. The van der Waals surface area contributed by atoms with Crippen molar-refractivity contribution in [3.05, 3.63) is 65.2 Å². The molecule has 0 saturated carbocycles. The fraction of sp³-hybridized carbons (Fsp3) is 0.286. The predicted molar refractivity (Wildman–Crippen MR) is 109 cm³/mol. The molecule has 0 spiro atoms. The Bertz CT molecular complexity index is 1070. The van der Waals surface area contributed by atoms with Gasteiger partial charge in [0.1, 0.15) is 6.61 Å². The zero-order valence-corrected chi connectivity index (χ0v) is 17.7.